The third-order valence-corrected chi connectivity index (χ3v) is 6.12. The molecule has 1 aliphatic heterocycles. The van der Waals surface area contributed by atoms with Crippen LogP contribution in [-0.4, -0.2) is 34.4 Å². The smallest absolute Gasteiger partial charge is 0.248 e. The van der Waals surface area contributed by atoms with E-state index in [4.69, 9.17) is 4.42 Å². The first-order valence-corrected chi connectivity index (χ1v) is 10.4. The van der Waals surface area contributed by atoms with Crippen LogP contribution in [0.25, 0.3) is 6.08 Å². The van der Waals surface area contributed by atoms with Gasteiger partial charge >= 0.3 is 0 Å². The van der Waals surface area contributed by atoms with Crippen LogP contribution in [0.15, 0.2) is 46.9 Å². The van der Waals surface area contributed by atoms with Gasteiger partial charge in [0.15, 0.2) is 0 Å². The van der Waals surface area contributed by atoms with E-state index in [2.05, 4.69) is 12.2 Å². The van der Waals surface area contributed by atoms with Crippen molar-refractivity contribution in [3.8, 4) is 0 Å². The van der Waals surface area contributed by atoms with Gasteiger partial charge in [-0.2, -0.15) is 0 Å². The fraction of sp³-hybridized carbons (Fsp3) is 0.333. The van der Waals surface area contributed by atoms with Gasteiger partial charge in [-0.05, 0) is 42.7 Å². The van der Waals surface area contributed by atoms with Crippen molar-refractivity contribution < 1.29 is 18.4 Å². The zero-order valence-corrected chi connectivity index (χ0v) is 16.2. The predicted molar refractivity (Wildman–Crippen MR) is 107 cm³/mol. The highest BCUT2D eigenvalue weighted by Gasteiger charge is 2.36. The summed E-state index contributed by atoms with van der Waals surface area (Å²) in [5, 5.41) is 2.57. The second-order valence-corrected chi connectivity index (χ2v) is 8.19. The lowest BCUT2D eigenvalue weighted by molar-refractivity contribution is -0.132. The Kier molecular flexibility index (Phi) is 5.26. The van der Waals surface area contributed by atoms with Gasteiger partial charge in [0.1, 0.15) is 23.4 Å². The van der Waals surface area contributed by atoms with E-state index in [1.54, 1.807) is 18.2 Å². The number of hydrogen-bond acceptors (Lipinski definition) is 4. The zero-order valence-electron chi connectivity index (χ0n) is 15.4. The molecule has 2 fully saturated rings. The number of amides is 2. The van der Waals surface area contributed by atoms with Crippen molar-refractivity contribution in [3.05, 3.63) is 59.8 Å². The summed E-state index contributed by atoms with van der Waals surface area (Å²) in [5.74, 6) is 2.46. The molecule has 1 saturated carbocycles. The van der Waals surface area contributed by atoms with Crippen molar-refractivity contribution in [1.29, 1.82) is 0 Å². The summed E-state index contributed by atoms with van der Waals surface area (Å²) in [5.41, 5.74) is 0.116. The van der Waals surface area contributed by atoms with Crippen LogP contribution >= 0.6 is 11.8 Å². The molecule has 3 unspecified atom stereocenters. The first kappa shape index (κ1) is 18.8. The fourth-order valence-corrected chi connectivity index (χ4v) is 4.44. The Morgan fingerprint density at radius 3 is 2.82 bits per heavy atom. The molecular weight excluding hydrogens is 379 g/mol. The van der Waals surface area contributed by atoms with Crippen molar-refractivity contribution in [3.63, 3.8) is 0 Å². The van der Waals surface area contributed by atoms with Gasteiger partial charge in [0.05, 0.1) is 11.6 Å². The van der Waals surface area contributed by atoms with Crippen LogP contribution in [0.4, 0.5) is 10.1 Å². The van der Waals surface area contributed by atoms with Crippen molar-refractivity contribution >= 4 is 35.3 Å². The molecule has 146 valence electrons. The second-order valence-electron chi connectivity index (χ2n) is 7.19. The monoisotopic (exact) mass is 400 g/mol. The molecule has 2 aliphatic rings. The van der Waals surface area contributed by atoms with Crippen LogP contribution in [0, 0.1) is 11.7 Å². The number of carbonyl (C=O) groups is 2. The van der Waals surface area contributed by atoms with Gasteiger partial charge in [0.25, 0.3) is 0 Å². The number of anilines is 1. The molecule has 1 aromatic heterocycles. The summed E-state index contributed by atoms with van der Waals surface area (Å²) in [6.07, 6.45) is 4.20. The summed E-state index contributed by atoms with van der Waals surface area (Å²) in [4.78, 5) is 26.6. The number of furan rings is 1. The topological polar surface area (TPSA) is 62.6 Å². The quantitative estimate of drug-likeness (QED) is 0.768. The van der Waals surface area contributed by atoms with E-state index in [0.29, 0.717) is 29.2 Å². The molecule has 5 nitrogen and oxygen atoms in total. The number of nitrogens with one attached hydrogen (secondary N) is 1. The van der Waals surface area contributed by atoms with Crippen LogP contribution in [-0.2, 0) is 9.59 Å². The minimum absolute atomic E-state index is 0.116. The number of rotatable bonds is 5. The number of nitrogens with zero attached hydrogens (tertiary/aromatic N) is 1. The molecule has 7 heteroatoms. The summed E-state index contributed by atoms with van der Waals surface area (Å²) in [7, 11) is 0. The van der Waals surface area contributed by atoms with E-state index in [9.17, 15) is 14.0 Å². The highest BCUT2D eigenvalue weighted by atomic mass is 32.2. The first-order valence-electron chi connectivity index (χ1n) is 9.24. The van der Waals surface area contributed by atoms with Gasteiger partial charge < -0.3 is 14.6 Å². The van der Waals surface area contributed by atoms with E-state index < -0.39 is 11.9 Å². The van der Waals surface area contributed by atoms with Gasteiger partial charge in [-0.3, -0.25) is 9.59 Å². The summed E-state index contributed by atoms with van der Waals surface area (Å²) >= 11 is 1.49. The Hall–Kier alpha value is -2.54. The Morgan fingerprint density at radius 2 is 2.07 bits per heavy atom. The average Bonchev–Trinajstić information content (AvgIpc) is 3.10. The normalized spacial score (nSPS) is 23.9. The molecule has 1 N–H and O–H groups in total. The van der Waals surface area contributed by atoms with E-state index >= 15 is 0 Å². The lowest BCUT2D eigenvalue weighted by Crippen LogP contribution is -2.44. The number of benzene rings is 1. The number of thioether (sulfide) groups is 1. The predicted octanol–water partition coefficient (Wildman–Crippen LogP) is 4.10. The Labute approximate surface area is 167 Å². The highest BCUT2D eigenvalue weighted by Crippen LogP contribution is 2.47. The second kappa shape index (κ2) is 7.83. The Balaban J connectivity index is 1.39. The van der Waals surface area contributed by atoms with E-state index in [1.807, 2.05) is 12.1 Å². The maximum absolute atomic E-state index is 13.8. The van der Waals surface area contributed by atoms with Crippen molar-refractivity contribution in [2.45, 2.75) is 25.3 Å². The standard InChI is InChI=1S/C21H21FN2O3S/c1-13-10-15(13)19-8-6-14(27-19)7-9-20(25)24-12-28-11-18(24)21(26)23-17-5-3-2-4-16(17)22/h2-9,13,15,18H,10-12H2,1H3,(H,23,26)/b9-7+. The third kappa shape index (κ3) is 3.99. The van der Waals surface area contributed by atoms with Gasteiger partial charge in [0.2, 0.25) is 11.8 Å². The largest absolute Gasteiger partial charge is 0.461 e. The molecule has 1 saturated heterocycles. The van der Waals surface area contributed by atoms with E-state index in [0.717, 1.165) is 12.2 Å². The Morgan fingerprint density at radius 1 is 1.29 bits per heavy atom. The third-order valence-electron chi connectivity index (χ3n) is 5.11. The SMILES string of the molecule is CC1CC1c1ccc(/C=C/C(=O)N2CSCC2C(=O)Nc2ccccc2F)o1. The molecule has 1 aromatic carbocycles. The summed E-state index contributed by atoms with van der Waals surface area (Å²) in [6.45, 7) is 2.18. The minimum atomic E-state index is -0.638. The van der Waals surface area contributed by atoms with Crippen LogP contribution in [0.5, 0.6) is 0 Å². The molecule has 1 aliphatic carbocycles. The summed E-state index contributed by atoms with van der Waals surface area (Å²) < 4.78 is 19.5. The van der Waals surface area contributed by atoms with Gasteiger partial charge in [-0.1, -0.05) is 19.1 Å². The molecule has 28 heavy (non-hydrogen) atoms. The number of halogens is 1. The van der Waals surface area contributed by atoms with Crippen LogP contribution in [0.3, 0.4) is 0 Å². The Bertz CT molecular complexity index is 926. The lowest BCUT2D eigenvalue weighted by atomic mass is 10.2. The molecule has 2 amide bonds. The van der Waals surface area contributed by atoms with Crippen molar-refractivity contribution in [1.82, 2.24) is 4.90 Å². The van der Waals surface area contributed by atoms with E-state index in [-0.39, 0.29) is 17.5 Å². The van der Waals surface area contributed by atoms with Gasteiger partial charge in [-0.25, -0.2) is 4.39 Å². The number of hydrogen-bond donors (Lipinski definition) is 1. The van der Waals surface area contributed by atoms with Crippen LogP contribution in [0.1, 0.15) is 30.8 Å². The molecule has 0 bridgehead atoms. The molecule has 2 heterocycles. The van der Waals surface area contributed by atoms with E-state index in [1.165, 1.54) is 34.9 Å². The van der Waals surface area contributed by atoms with Gasteiger partial charge in [0, 0.05) is 17.7 Å². The first-order chi connectivity index (χ1) is 13.5. The zero-order chi connectivity index (χ0) is 19.7. The number of carbonyl (C=O) groups excluding carboxylic acids is 2. The molecule has 0 spiro atoms. The molecule has 2 aromatic rings. The fourth-order valence-electron chi connectivity index (χ4n) is 3.28. The minimum Gasteiger partial charge on any atom is -0.461 e. The van der Waals surface area contributed by atoms with Gasteiger partial charge in [-0.15, -0.1) is 11.8 Å². The van der Waals surface area contributed by atoms with Crippen molar-refractivity contribution in [2.75, 3.05) is 16.9 Å². The maximum Gasteiger partial charge on any atom is 0.248 e. The maximum atomic E-state index is 13.8. The highest BCUT2D eigenvalue weighted by molar-refractivity contribution is 7.99. The average molecular weight is 400 g/mol. The molecular formula is C21H21FN2O3S. The van der Waals surface area contributed by atoms with Crippen LogP contribution in [0.2, 0.25) is 0 Å². The van der Waals surface area contributed by atoms with Crippen LogP contribution < -0.4 is 5.32 Å². The number of para-hydroxylation sites is 1. The van der Waals surface area contributed by atoms with Crippen molar-refractivity contribution in [2.24, 2.45) is 5.92 Å². The molecule has 0 radical (unpaired) electrons. The lowest BCUT2D eigenvalue weighted by Gasteiger charge is -2.21. The summed E-state index contributed by atoms with van der Waals surface area (Å²) in [6, 6.07) is 9.15. The molecule has 4 rings (SSSR count). The molecule has 3 atom stereocenters.